The molecule has 0 atom stereocenters. The summed E-state index contributed by atoms with van der Waals surface area (Å²) in [5, 5.41) is 8.93. The van der Waals surface area contributed by atoms with Crippen LogP contribution in [-0.2, 0) is 0 Å². The fourth-order valence-corrected chi connectivity index (χ4v) is 2.96. The van der Waals surface area contributed by atoms with Gasteiger partial charge in [-0.1, -0.05) is 28.5 Å². The van der Waals surface area contributed by atoms with Crippen molar-refractivity contribution in [1.82, 2.24) is 9.38 Å². The number of benzene rings is 1. The number of imidazole rings is 1. The molecule has 0 aliphatic heterocycles. The Labute approximate surface area is 114 Å². The highest BCUT2D eigenvalue weighted by molar-refractivity contribution is 7.18. The minimum atomic E-state index is -0.913. The summed E-state index contributed by atoms with van der Waals surface area (Å²) in [7, 11) is 0. The third kappa shape index (κ3) is 2.13. The SMILES string of the molecule is Cc1cc(C)cc(-c2cn3cc(C(=O)O)sc3n2)c1. The van der Waals surface area contributed by atoms with Crippen molar-refractivity contribution in [3.63, 3.8) is 0 Å². The summed E-state index contributed by atoms with van der Waals surface area (Å²) < 4.78 is 1.76. The summed E-state index contributed by atoms with van der Waals surface area (Å²) in [5.74, 6) is -0.913. The van der Waals surface area contributed by atoms with Crippen LogP contribution in [0.5, 0.6) is 0 Å². The second-order valence-electron chi connectivity index (χ2n) is 4.59. The Morgan fingerprint density at radius 1 is 1.21 bits per heavy atom. The topological polar surface area (TPSA) is 54.6 Å². The maximum absolute atomic E-state index is 10.9. The van der Waals surface area contributed by atoms with Gasteiger partial charge in [0.05, 0.1) is 5.69 Å². The van der Waals surface area contributed by atoms with Crippen molar-refractivity contribution in [1.29, 1.82) is 0 Å². The average molecular weight is 272 g/mol. The van der Waals surface area contributed by atoms with Crippen molar-refractivity contribution in [3.8, 4) is 11.3 Å². The van der Waals surface area contributed by atoms with E-state index in [2.05, 4.69) is 37.0 Å². The maximum Gasteiger partial charge on any atom is 0.347 e. The van der Waals surface area contributed by atoms with Crippen molar-refractivity contribution in [2.75, 3.05) is 0 Å². The van der Waals surface area contributed by atoms with Crippen LogP contribution >= 0.6 is 11.3 Å². The number of hydrogen-bond acceptors (Lipinski definition) is 3. The number of aromatic nitrogens is 2. The Morgan fingerprint density at radius 3 is 2.47 bits per heavy atom. The van der Waals surface area contributed by atoms with E-state index in [-0.39, 0.29) is 0 Å². The number of carbonyl (C=O) groups is 1. The minimum absolute atomic E-state index is 0.300. The first-order chi connectivity index (χ1) is 9.02. The van der Waals surface area contributed by atoms with Crippen LogP contribution in [0.3, 0.4) is 0 Å². The number of nitrogens with zero attached hydrogens (tertiary/aromatic N) is 2. The van der Waals surface area contributed by atoms with Gasteiger partial charge in [-0.15, -0.1) is 0 Å². The number of aryl methyl sites for hydroxylation is 2. The zero-order valence-corrected chi connectivity index (χ0v) is 11.4. The first kappa shape index (κ1) is 11.9. The zero-order chi connectivity index (χ0) is 13.6. The van der Waals surface area contributed by atoms with Crippen molar-refractivity contribution in [3.05, 3.63) is 46.6 Å². The molecular weight excluding hydrogens is 260 g/mol. The van der Waals surface area contributed by atoms with Crippen LogP contribution < -0.4 is 0 Å². The molecule has 2 heterocycles. The molecule has 0 spiro atoms. The molecule has 3 rings (SSSR count). The van der Waals surface area contributed by atoms with Gasteiger partial charge in [-0.05, 0) is 26.0 Å². The minimum Gasteiger partial charge on any atom is -0.477 e. The summed E-state index contributed by atoms with van der Waals surface area (Å²) in [4.78, 5) is 16.4. The van der Waals surface area contributed by atoms with Gasteiger partial charge in [0.1, 0.15) is 4.88 Å². The van der Waals surface area contributed by atoms with Gasteiger partial charge in [-0.2, -0.15) is 0 Å². The van der Waals surface area contributed by atoms with Gasteiger partial charge in [-0.3, -0.25) is 4.40 Å². The Kier molecular flexibility index (Phi) is 2.64. The Hall–Kier alpha value is -2.14. The molecule has 0 unspecified atom stereocenters. The van der Waals surface area contributed by atoms with E-state index in [0.29, 0.717) is 9.84 Å². The highest BCUT2D eigenvalue weighted by Crippen LogP contribution is 2.25. The van der Waals surface area contributed by atoms with Crippen LogP contribution in [0, 0.1) is 13.8 Å². The molecule has 0 aliphatic carbocycles. The van der Waals surface area contributed by atoms with Crippen LogP contribution in [0.4, 0.5) is 0 Å². The van der Waals surface area contributed by atoms with Gasteiger partial charge in [0, 0.05) is 18.0 Å². The van der Waals surface area contributed by atoms with Crippen molar-refractivity contribution in [2.45, 2.75) is 13.8 Å². The third-order valence-corrected chi connectivity index (χ3v) is 3.87. The maximum atomic E-state index is 10.9. The van der Waals surface area contributed by atoms with E-state index in [1.54, 1.807) is 10.6 Å². The molecule has 1 aromatic carbocycles. The standard InChI is InChI=1S/C14H12N2O2S/c1-8-3-9(2)5-10(4-8)11-6-16-7-12(13(17)18)19-14(16)15-11/h3-7H,1-2H3,(H,17,18). The van der Waals surface area contributed by atoms with Gasteiger partial charge >= 0.3 is 5.97 Å². The highest BCUT2D eigenvalue weighted by Gasteiger charge is 2.12. The number of rotatable bonds is 2. The number of carboxylic acids is 1. The van der Waals surface area contributed by atoms with E-state index in [1.807, 2.05) is 6.20 Å². The summed E-state index contributed by atoms with van der Waals surface area (Å²) in [6.07, 6.45) is 3.47. The van der Waals surface area contributed by atoms with Crippen molar-refractivity contribution in [2.24, 2.45) is 0 Å². The number of thiazole rings is 1. The highest BCUT2D eigenvalue weighted by atomic mass is 32.1. The van der Waals surface area contributed by atoms with E-state index in [0.717, 1.165) is 11.3 Å². The van der Waals surface area contributed by atoms with Gasteiger partial charge in [0.15, 0.2) is 4.96 Å². The molecule has 4 nitrogen and oxygen atoms in total. The summed E-state index contributed by atoms with van der Waals surface area (Å²) in [5.41, 5.74) is 4.32. The second-order valence-corrected chi connectivity index (χ2v) is 5.60. The number of carboxylic acid groups (broad SMARTS) is 1. The molecular formula is C14H12N2O2S. The number of aromatic carboxylic acids is 1. The predicted molar refractivity (Wildman–Crippen MR) is 74.9 cm³/mol. The van der Waals surface area contributed by atoms with Gasteiger partial charge in [0.25, 0.3) is 0 Å². The molecule has 19 heavy (non-hydrogen) atoms. The first-order valence-corrected chi connectivity index (χ1v) is 6.65. The van der Waals surface area contributed by atoms with E-state index in [1.165, 1.54) is 22.5 Å². The molecule has 0 amide bonds. The lowest BCUT2D eigenvalue weighted by atomic mass is 10.1. The van der Waals surface area contributed by atoms with Crippen molar-refractivity contribution >= 4 is 22.3 Å². The fourth-order valence-electron chi connectivity index (χ4n) is 2.16. The van der Waals surface area contributed by atoms with Gasteiger partial charge < -0.3 is 5.11 Å². The Balaban J connectivity index is 2.10. The molecule has 1 N–H and O–H groups in total. The quantitative estimate of drug-likeness (QED) is 0.778. The monoisotopic (exact) mass is 272 g/mol. The lowest BCUT2D eigenvalue weighted by Gasteiger charge is -2.01. The molecule has 0 fully saturated rings. The molecule has 0 radical (unpaired) electrons. The Bertz CT molecular complexity index is 734. The van der Waals surface area contributed by atoms with Crippen LogP contribution in [0.15, 0.2) is 30.6 Å². The van der Waals surface area contributed by atoms with Crippen LogP contribution in [0.25, 0.3) is 16.2 Å². The van der Waals surface area contributed by atoms with Gasteiger partial charge in [0.2, 0.25) is 0 Å². The molecule has 2 aromatic heterocycles. The summed E-state index contributed by atoms with van der Waals surface area (Å²) in [6.45, 7) is 4.11. The van der Waals surface area contributed by atoms with Gasteiger partial charge in [-0.25, -0.2) is 9.78 Å². The van der Waals surface area contributed by atoms with Crippen molar-refractivity contribution < 1.29 is 9.90 Å². The lowest BCUT2D eigenvalue weighted by Crippen LogP contribution is -1.90. The van der Waals surface area contributed by atoms with E-state index >= 15 is 0 Å². The molecule has 0 bridgehead atoms. The van der Waals surface area contributed by atoms with E-state index < -0.39 is 5.97 Å². The summed E-state index contributed by atoms with van der Waals surface area (Å²) >= 11 is 1.18. The molecule has 0 saturated heterocycles. The van der Waals surface area contributed by atoms with Crippen LogP contribution in [0.2, 0.25) is 0 Å². The third-order valence-electron chi connectivity index (χ3n) is 2.88. The normalized spacial score (nSPS) is 11.1. The average Bonchev–Trinajstić information content (AvgIpc) is 2.84. The van der Waals surface area contributed by atoms with Crippen LogP contribution in [-0.4, -0.2) is 20.5 Å². The molecule has 5 heteroatoms. The zero-order valence-electron chi connectivity index (χ0n) is 10.5. The van der Waals surface area contributed by atoms with E-state index in [4.69, 9.17) is 5.11 Å². The number of fused-ring (bicyclic) bond motifs is 1. The molecule has 0 saturated carbocycles. The largest absolute Gasteiger partial charge is 0.477 e. The van der Waals surface area contributed by atoms with E-state index in [9.17, 15) is 4.79 Å². The molecule has 96 valence electrons. The smallest absolute Gasteiger partial charge is 0.347 e. The first-order valence-electron chi connectivity index (χ1n) is 5.83. The Morgan fingerprint density at radius 2 is 1.89 bits per heavy atom. The predicted octanol–water partition coefficient (Wildman–Crippen LogP) is 3.38. The van der Waals surface area contributed by atoms with Crippen LogP contribution in [0.1, 0.15) is 20.8 Å². The molecule has 0 aliphatic rings. The lowest BCUT2D eigenvalue weighted by molar-refractivity contribution is 0.0702. The fraction of sp³-hybridized carbons (Fsp3) is 0.143. The second kappa shape index (κ2) is 4.20. The summed E-state index contributed by atoms with van der Waals surface area (Å²) in [6, 6.07) is 6.28. The molecule has 3 aromatic rings. The number of hydrogen-bond donors (Lipinski definition) is 1.